The summed E-state index contributed by atoms with van der Waals surface area (Å²) < 4.78 is 30.7. The zero-order valence-electron chi connectivity index (χ0n) is 18.3. The molecule has 3 heterocycles. The molecule has 2 atom stereocenters. The molecule has 1 aromatic heterocycles. The summed E-state index contributed by atoms with van der Waals surface area (Å²) >= 11 is 0. The van der Waals surface area contributed by atoms with Gasteiger partial charge >= 0.3 is 0 Å². The normalized spacial score (nSPS) is 22.6. The third-order valence-corrected chi connectivity index (χ3v) is 6.24. The van der Waals surface area contributed by atoms with Crippen LogP contribution >= 0.6 is 0 Å². The average molecular weight is 432 g/mol. The fourth-order valence-electron chi connectivity index (χ4n) is 4.51. The third-order valence-electron chi connectivity index (χ3n) is 6.24. The molecule has 168 valence electrons. The average Bonchev–Trinajstić information content (AvgIpc) is 3.12. The summed E-state index contributed by atoms with van der Waals surface area (Å²) in [5, 5.41) is 0.876. The van der Waals surface area contributed by atoms with Crippen molar-refractivity contribution in [2.45, 2.75) is 44.5 Å². The molecule has 8 heteroatoms. The number of benzene rings is 1. The largest absolute Gasteiger partial charge is 0.493 e. The van der Waals surface area contributed by atoms with E-state index in [0.717, 1.165) is 42.6 Å². The highest BCUT2D eigenvalue weighted by Gasteiger charge is 2.33. The maximum atomic E-state index is 13.6. The number of fused-ring (bicyclic) bond motifs is 1. The fraction of sp³-hybridized carbons (Fsp3) is 0.565. The van der Waals surface area contributed by atoms with E-state index in [9.17, 15) is 9.18 Å². The van der Waals surface area contributed by atoms with Gasteiger partial charge in [-0.05, 0) is 31.9 Å². The number of carbonyl (C=O) groups is 1. The SMILES string of the molecule is COc1cc2nccc(OC3CCN(CC(=O)N4C[C@@H](F)C[C@H]4C)CC3)c2cc1OC. The molecule has 0 N–H and O–H groups in total. The van der Waals surface area contributed by atoms with E-state index in [1.807, 2.05) is 25.1 Å². The van der Waals surface area contributed by atoms with Crippen molar-refractivity contribution in [1.29, 1.82) is 0 Å². The van der Waals surface area contributed by atoms with Crippen LogP contribution in [0.4, 0.5) is 4.39 Å². The first-order valence-corrected chi connectivity index (χ1v) is 10.8. The zero-order valence-corrected chi connectivity index (χ0v) is 18.3. The van der Waals surface area contributed by atoms with Gasteiger partial charge in [0.1, 0.15) is 18.0 Å². The summed E-state index contributed by atoms with van der Waals surface area (Å²) in [7, 11) is 3.21. The highest BCUT2D eigenvalue weighted by atomic mass is 19.1. The van der Waals surface area contributed by atoms with Gasteiger partial charge in [0, 0.05) is 43.2 Å². The number of nitrogens with zero attached hydrogens (tertiary/aromatic N) is 3. The molecule has 0 radical (unpaired) electrons. The molecule has 0 bridgehead atoms. The van der Waals surface area contributed by atoms with Crippen LogP contribution in [0, 0.1) is 0 Å². The molecule has 0 saturated carbocycles. The van der Waals surface area contributed by atoms with Crippen molar-refractivity contribution in [2.24, 2.45) is 0 Å². The second-order valence-corrected chi connectivity index (χ2v) is 8.35. The van der Waals surface area contributed by atoms with Crippen LogP contribution in [-0.4, -0.2) is 79.4 Å². The fourth-order valence-corrected chi connectivity index (χ4v) is 4.51. The minimum atomic E-state index is -0.896. The van der Waals surface area contributed by atoms with Crippen LogP contribution in [0.5, 0.6) is 17.2 Å². The van der Waals surface area contributed by atoms with Crippen molar-refractivity contribution in [3.05, 3.63) is 24.4 Å². The maximum Gasteiger partial charge on any atom is 0.237 e. The number of ether oxygens (including phenoxy) is 3. The lowest BCUT2D eigenvalue weighted by molar-refractivity contribution is -0.133. The molecule has 2 fully saturated rings. The molecule has 2 saturated heterocycles. The minimum Gasteiger partial charge on any atom is -0.493 e. The lowest BCUT2D eigenvalue weighted by atomic mass is 10.1. The molecule has 1 amide bonds. The van der Waals surface area contributed by atoms with Gasteiger partial charge in [0.2, 0.25) is 5.91 Å². The van der Waals surface area contributed by atoms with Gasteiger partial charge in [-0.2, -0.15) is 0 Å². The van der Waals surface area contributed by atoms with Gasteiger partial charge in [-0.3, -0.25) is 14.7 Å². The quantitative estimate of drug-likeness (QED) is 0.701. The molecule has 0 spiro atoms. The minimum absolute atomic E-state index is 0.0149. The number of hydrogen-bond donors (Lipinski definition) is 0. The van der Waals surface area contributed by atoms with Gasteiger partial charge in [-0.15, -0.1) is 0 Å². The standard InChI is InChI=1S/C23H30FN3O4/c1-15-10-16(24)13-27(15)23(28)14-26-8-5-17(6-9-26)31-20-4-7-25-19-12-22(30-3)21(29-2)11-18(19)20/h4,7,11-12,15-17H,5-6,8-10,13-14H2,1-3H3/t15-,16+/m1/s1. The monoisotopic (exact) mass is 431 g/mol. The van der Waals surface area contributed by atoms with Crippen LogP contribution in [0.1, 0.15) is 26.2 Å². The van der Waals surface area contributed by atoms with Crippen molar-refractivity contribution >= 4 is 16.8 Å². The Kier molecular flexibility index (Phi) is 6.46. The Morgan fingerprint density at radius 2 is 1.87 bits per heavy atom. The summed E-state index contributed by atoms with van der Waals surface area (Å²) in [5.74, 6) is 2.05. The number of likely N-dealkylation sites (tertiary alicyclic amines) is 2. The molecule has 31 heavy (non-hydrogen) atoms. The van der Waals surface area contributed by atoms with Crippen molar-refractivity contribution in [3.63, 3.8) is 0 Å². The van der Waals surface area contributed by atoms with Crippen molar-refractivity contribution in [2.75, 3.05) is 40.4 Å². The highest BCUT2D eigenvalue weighted by molar-refractivity contribution is 5.88. The van der Waals surface area contributed by atoms with Gasteiger partial charge in [0.25, 0.3) is 0 Å². The van der Waals surface area contributed by atoms with Crippen LogP contribution in [0.25, 0.3) is 10.9 Å². The molecular weight excluding hydrogens is 401 g/mol. The summed E-state index contributed by atoms with van der Waals surface area (Å²) in [5.41, 5.74) is 0.782. The van der Waals surface area contributed by atoms with E-state index in [0.29, 0.717) is 24.5 Å². The Bertz CT molecular complexity index is 932. The number of piperidine rings is 1. The summed E-state index contributed by atoms with van der Waals surface area (Å²) in [6, 6.07) is 5.58. The topological polar surface area (TPSA) is 64.1 Å². The number of aromatic nitrogens is 1. The van der Waals surface area contributed by atoms with Gasteiger partial charge in [0.15, 0.2) is 11.5 Å². The summed E-state index contributed by atoms with van der Waals surface area (Å²) in [4.78, 5) is 20.8. The number of pyridine rings is 1. The van der Waals surface area contributed by atoms with Crippen LogP contribution in [0.3, 0.4) is 0 Å². The van der Waals surface area contributed by atoms with Gasteiger partial charge in [-0.1, -0.05) is 0 Å². The number of carbonyl (C=O) groups excluding carboxylic acids is 1. The van der Waals surface area contributed by atoms with Crippen molar-refractivity contribution in [1.82, 2.24) is 14.8 Å². The Balaban J connectivity index is 1.37. The predicted octanol–water partition coefficient (Wildman–Crippen LogP) is 3.05. The lowest BCUT2D eigenvalue weighted by Crippen LogP contribution is -2.46. The molecule has 0 aliphatic carbocycles. The van der Waals surface area contributed by atoms with Crippen LogP contribution in [-0.2, 0) is 4.79 Å². The van der Waals surface area contributed by atoms with Gasteiger partial charge < -0.3 is 19.1 Å². The molecular formula is C23H30FN3O4. The molecule has 1 aromatic carbocycles. The first-order valence-electron chi connectivity index (χ1n) is 10.8. The molecule has 4 rings (SSSR count). The van der Waals surface area contributed by atoms with Gasteiger partial charge in [0.05, 0.1) is 32.8 Å². The molecule has 2 aliphatic heterocycles. The second-order valence-electron chi connectivity index (χ2n) is 8.35. The van der Waals surface area contributed by atoms with Crippen LogP contribution in [0.15, 0.2) is 24.4 Å². The molecule has 2 aliphatic rings. The van der Waals surface area contributed by atoms with Crippen LogP contribution in [0.2, 0.25) is 0 Å². The van der Waals surface area contributed by atoms with E-state index in [1.165, 1.54) is 0 Å². The van der Waals surface area contributed by atoms with Crippen molar-refractivity contribution < 1.29 is 23.4 Å². The Labute approximate surface area is 182 Å². The zero-order chi connectivity index (χ0) is 22.0. The number of hydrogen-bond acceptors (Lipinski definition) is 6. The van der Waals surface area contributed by atoms with E-state index >= 15 is 0 Å². The number of methoxy groups -OCH3 is 2. The summed E-state index contributed by atoms with van der Waals surface area (Å²) in [6.07, 6.45) is 2.99. The van der Waals surface area contributed by atoms with E-state index < -0.39 is 6.17 Å². The van der Waals surface area contributed by atoms with Gasteiger partial charge in [-0.25, -0.2) is 4.39 Å². The number of amides is 1. The number of rotatable bonds is 6. The Hall–Kier alpha value is -2.61. The highest BCUT2D eigenvalue weighted by Crippen LogP contribution is 2.36. The lowest BCUT2D eigenvalue weighted by Gasteiger charge is -2.33. The molecule has 2 aromatic rings. The van der Waals surface area contributed by atoms with E-state index in [4.69, 9.17) is 14.2 Å². The van der Waals surface area contributed by atoms with E-state index in [2.05, 4.69) is 9.88 Å². The predicted molar refractivity (Wildman–Crippen MR) is 116 cm³/mol. The van der Waals surface area contributed by atoms with E-state index in [-0.39, 0.29) is 24.6 Å². The molecule has 7 nitrogen and oxygen atoms in total. The number of halogens is 1. The smallest absolute Gasteiger partial charge is 0.237 e. The maximum absolute atomic E-state index is 13.6. The van der Waals surface area contributed by atoms with Crippen molar-refractivity contribution in [3.8, 4) is 17.2 Å². The van der Waals surface area contributed by atoms with Crippen LogP contribution < -0.4 is 14.2 Å². The molecule has 0 unspecified atom stereocenters. The first kappa shape index (κ1) is 21.6. The second kappa shape index (κ2) is 9.26. The summed E-state index contributed by atoms with van der Waals surface area (Å²) in [6.45, 7) is 4.04. The first-order chi connectivity index (χ1) is 15.0. The third kappa shape index (κ3) is 4.69. The number of alkyl halides is 1. The Morgan fingerprint density at radius 1 is 1.16 bits per heavy atom. The Morgan fingerprint density at radius 3 is 2.52 bits per heavy atom. The van der Waals surface area contributed by atoms with E-state index in [1.54, 1.807) is 25.3 Å².